The second-order valence-electron chi connectivity index (χ2n) is 7.08. The summed E-state index contributed by atoms with van der Waals surface area (Å²) in [5.41, 5.74) is 3.41. The lowest BCUT2D eigenvalue weighted by Gasteiger charge is -2.45. The lowest BCUT2D eigenvalue weighted by molar-refractivity contribution is 0.0906. The maximum absolute atomic E-state index is 13.5. The van der Waals surface area contributed by atoms with Crippen molar-refractivity contribution in [3.05, 3.63) is 64.7 Å². The summed E-state index contributed by atoms with van der Waals surface area (Å²) in [5, 5.41) is 12.3. The molecule has 2 aliphatic heterocycles. The SMILES string of the molecule is COc1cc2c(cc1OC)C1Cn3nnnc3C(c3ccc(F)cc3)N1CC2. The topological polar surface area (TPSA) is 65.3 Å². The van der Waals surface area contributed by atoms with Crippen molar-refractivity contribution < 1.29 is 13.9 Å². The minimum absolute atomic E-state index is 0.0922. The van der Waals surface area contributed by atoms with E-state index in [9.17, 15) is 4.39 Å². The Labute approximate surface area is 161 Å². The lowest BCUT2D eigenvalue weighted by atomic mass is 9.87. The number of fused-ring (bicyclic) bond motifs is 4. The molecule has 0 saturated heterocycles. The first-order valence-corrected chi connectivity index (χ1v) is 9.21. The molecular formula is C20H20FN5O2. The van der Waals surface area contributed by atoms with Crippen molar-refractivity contribution in [3.8, 4) is 11.5 Å². The van der Waals surface area contributed by atoms with Crippen LogP contribution >= 0.6 is 0 Å². The largest absolute Gasteiger partial charge is 0.493 e. The Bertz CT molecular complexity index is 1020. The van der Waals surface area contributed by atoms with Crippen molar-refractivity contribution in [3.63, 3.8) is 0 Å². The van der Waals surface area contributed by atoms with Gasteiger partial charge in [-0.2, -0.15) is 0 Å². The van der Waals surface area contributed by atoms with Crippen LogP contribution in [0.3, 0.4) is 0 Å². The molecule has 2 aromatic carbocycles. The van der Waals surface area contributed by atoms with E-state index in [1.54, 1.807) is 14.2 Å². The highest BCUT2D eigenvalue weighted by Crippen LogP contribution is 2.45. The van der Waals surface area contributed by atoms with Crippen LogP contribution in [0.2, 0.25) is 0 Å². The summed E-state index contributed by atoms with van der Waals surface area (Å²) in [7, 11) is 3.30. The fourth-order valence-corrected chi connectivity index (χ4v) is 4.39. The van der Waals surface area contributed by atoms with E-state index >= 15 is 0 Å². The molecule has 3 aromatic rings. The van der Waals surface area contributed by atoms with Crippen molar-refractivity contribution >= 4 is 0 Å². The van der Waals surface area contributed by atoms with Crippen LogP contribution in [-0.2, 0) is 13.0 Å². The third kappa shape index (κ3) is 2.56. The van der Waals surface area contributed by atoms with E-state index in [2.05, 4.69) is 32.6 Å². The Morgan fingerprint density at radius 3 is 2.57 bits per heavy atom. The van der Waals surface area contributed by atoms with Gasteiger partial charge in [0.2, 0.25) is 0 Å². The molecule has 0 amide bonds. The Hall–Kier alpha value is -3.00. The average molecular weight is 381 g/mol. The zero-order chi connectivity index (χ0) is 19.3. The molecule has 0 bridgehead atoms. The second-order valence-corrected chi connectivity index (χ2v) is 7.08. The highest BCUT2D eigenvalue weighted by molar-refractivity contribution is 5.50. The number of halogens is 1. The maximum atomic E-state index is 13.5. The van der Waals surface area contributed by atoms with E-state index in [0.717, 1.165) is 30.1 Å². The van der Waals surface area contributed by atoms with Gasteiger partial charge in [0.25, 0.3) is 0 Å². The molecule has 7 nitrogen and oxygen atoms in total. The first-order chi connectivity index (χ1) is 13.7. The van der Waals surface area contributed by atoms with E-state index in [4.69, 9.17) is 9.47 Å². The standard InChI is InChI=1S/C20H20FN5O2/c1-27-17-9-13-7-8-25-16(15(13)10-18(17)28-2)11-26-20(22-23-24-26)19(25)12-3-5-14(21)6-4-12/h3-6,9-10,16,19H,7-8,11H2,1-2H3. The molecule has 144 valence electrons. The summed E-state index contributed by atoms with van der Waals surface area (Å²) >= 11 is 0. The summed E-state index contributed by atoms with van der Waals surface area (Å²) in [6.07, 6.45) is 0.880. The molecular weight excluding hydrogens is 361 g/mol. The number of tetrazole rings is 1. The minimum atomic E-state index is -0.253. The average Bonchev–Trinajstić information content (AvgIpc) is 3.20. The van der Waals surface area contributed by atoms with Gasteiger partial charge in [0, 0.05) is 6.54 Å². The highest BCUT2D eigenvalue weighted by atomic mass is 19.1. The van der Waals surface area contributed by atoms with Crippen molar-refractivity contribution in [2.45, 2.75) is 25.0 Å². The van der Waals surface area contributed by atoms with Crippen molar-refractivity contribution in [2.75, 3.05) is 20.8 Å². The predicted molar refractivity (Wildman–Crippen MR) is 98.8 cm³/mol. The number of aromatic nitrogens is 4. The van der Waals surface area contributed by atoms with Crippen molar-refractivity contribution in [1.82, 2.24) is 25.1 Å². The van der Waals surface area contributed by atoms with Crippen molar-refractivity contribution in [2.24, 2.45) is 0 Å². The van der Waals surface area contributed by atoms with Crippen LogP contribution in [0.1, 0.15) is 34.6 Å². The smallest absolute Gasteiger partial charge is 0.173 e. The van der Waals surface area contributed by atoms with E-state index in [-0.39, 0.29) is 17.9 Å². The van der Waals surface area contributed by atoms with Crippen LogP contribution in [0.4, 0.5) is 4.39 Å². The summed E-state index contributed by atoms with van der Waals surface area (Å²) in [6, 6.07) is 10.7. The number of hydrogen-bond donors (Lipinski definition) is 0. The first kappa shape index (κ1) is 17.1. The van der Waals surface area contributed by atoms with Crippen LogP contribution in [0.5, 0.6) is 11.5 Å². The summed E-state index contributed by atoms with van der Waals surface area (Å²) in [5.74, 6) is 1.98. The Morgan fingerprint density at radius 1 is 1.07 bits per heavy atom. The Morgan fingerprint density at radius 2 is 1.82 bits per heavy atom. The Kier molecular flexibility index (Phi) is 4.01. The quantitative estimate of drug-likeness (QED) is 0.695. The molecule has 1 aromatic heterocycles. The van der Waals surface area contributed by atoms with Gasteiger partial charge in [-0.15, -0.1) is 5.10 Å². The molecule has 3 heterocycles. The third-order valence-electron chi connectivity index (χ3n) is 5.71. The number of methoxy groups -OCH3 is 2. The fourth-order valence-electron chi connectivity index (χ4n) is 4.39. The van der Waals surface area contributed by atoms with Crippen LogP contribution in [0.25, 0.3) is 0 Å². The summed E-state index contributed by atoms with van der Waals surface area (Å²) in [4.78, 5) is 2.40. The van der Waals surface area contributed by atoms with Gasteiger partial charge < -0.3 is 9.47 Å². The predicted octanol–water partition coefficient (Wildman–Crippen LogP) is 2.53. The summed E-state index contributed by atoms with van der Waals surface area (Å²) < 4.78 is 26.3. The molecule has 2 unspecified atom stereocenters. The van der Waals surface area contributed by atoms with Gasteiger partial charge in [0.15, 0.2) is 17.3 Å². The zero-order valence-electron chi connectivity index (χ0n) is 15.7. The number of benzene rings is 2. The van der Waals surface area contributed by atoms with Gasteiger partial charge in [-0.3, -0.25) is 4.90 Å². The molecule has 2 aliphatic rings. The first-order valence-electron chi connectivity index (χ1n) is 9.21. The molecule has 2 atom stereocenters. The molecule has 0 aliphatic carbocycles. The molecule has 8 heteroatoms. The van der Waals surface area contributed by atoms with E-state index in [0.29, 0.717) is 12.3 Å². The molecule has 0 saturated carbocycles. The Balaban J connectivity index is 1.63. The molecule has 0 N–H and O–H groups in total. The number of hydrogen-bond acceptors (Lipinski definition) is 6. The maximum Gasteiger partial charge on any atom is 0.173 e. The van der Waals surface area contributed by atoms with Gasteiger partial charge in [0.1, 0.15) is 5.82 Å². The fraction of sp³-hybridized carbons (Fsp3) is 0.350. The monoisotopic (exact) mass is 381 g/mol. The van der Waals surface area contributed by atoms with Gasteiger partial charge in [-0.1, -0.05) is 12.1 Å². The lowest BCUT2D eigenvalue weighted by Crippen LogP contribution is -2.45. The summed E-state index contributed by atoms with van der Waals surface area (Å²) in [6.45, 7) is 1.50. The van der Waals surface area contributed by atoms with Crippen LogP contribution in [0, 0.1) is 5.82 Å². The number of ether oxygens (including phenoxy) is 2. The van der Waals surface area contributed by atoms with Gasteiger partial charge >= 0.3 is 0 Å². The highest BCUT2D eigenvalue weighted by Gasteiger charge is 2.41. The van der Waals surface area contributed by atoms with E-state index < -0.39 is 0 Å². The van der Waals surface area contributed by atoms with E-state index in [1.165, 1.54) is 23.3 Å². The van der Waals surface area contributed by atoms with Gasteiger partial charge in [0.05, 0.1) is 32.8 Å². The minimum Gasteiger partial charge on any atom is -0.493 e. The molecule has 0 fully saturated rings. The molecule has 0 spiro atoms. The normalized spacial score (nSPS) is 20.8. The molecule has 0 radical (unpaired) electrons. The zero-order valence-corrected chi connectivity index (χ0v) is 15.7. The second kappa shape index (κ2) is 6.56. The van der Waals surface area contributed by atoms with Gasteiger partial charge in [-0.05, 0) is 57.8 Å². The van der Waals surface area contributed by atoms with Crippen LogP contribution in [-0.4, -0.2) is 45.9 Å². The van der Waals surface area contributed by atoms with Crippen LogP contribution < -0.4 is 9.47 Å². The van der Waals surface area contributed by atoms with Gasteiger partial charge in [-0.25, -0.2) is 9.07 Å². The number of rotatable bonds is 3. The number of nitrogens with zero attached hydrogens (tertiary/aromatic N) is 5. The third-order valence-corrected chi connectivity index (χ3v) is 5.71. The van der Waals surface area contributed by atoms with Crippen molar-refractivity contribution in [1.29, 1.82) is 0 Å². The van der Waals surface area contributed by atoms with Crippen LogP contribution in [0.15, 0.2) is 36.4 Å². The van der Waals surface area contributed by atoms with E-state index in [1.807, 2.05) is 16.8 Å². The molecule has 28 heavy (non-hydrogen) atoms. The molecule has 5 rings (SSSR count).